The van der Waals surface area contributed by atoms with Gasteiger partial charge in [-0.05, 0) is 60.8 Å². The van der Waals surface area contributed by atoms with Gasteiger partial charge in [0.05, 0.1) is 11.5 Å². The number of esters is 2. The second-order valence-electron chi connectivity index (χ2n) is 8.88. The fourth-order valence-corrected chi connectivity index (χ4v) is 3.15. The lowest BCUT2D eigenvalue weighted by Crippen LogP contribution is -2.46. The van der Waals surface area contributed by atoms with Crippen LogP contribution >= 0.6 is 0 Å². The molecule has 5 nitrogen and oxygen atoms in total. The third-order valence-corrected chi connectivity index (χ3v) is 4.12. The largest absolute Gasteiger partial charge is 0.460 e. The smallest absolute Gasteiger partial charge is 0.312 e. The van der Waals surface area contributed by atoms with Crippen molar-refractivity contribution in [3.05, 3.63) is 0 Å². The molecule has 1 unspecified atom stereocenters. The highest BCUT2D eigenvalue weighted by Gasteiger charge is 2.44. The third kappa shape index (κ3) is 7.20. The number of carbonyl (C=O) groups is 2. The van der Waals surface area contributed by atoms with Gasteiger partial charge in [0.15, 0.2) is 0 Å². The van der Waals surface area contributed by atoms with Gasteiger partial charge in [-0.2, -0.15) is 0 Å². The average Bonchev–Trinajstić information content (AvgIpc) is 2.34. The van der Waals surface area contributed by atoms with E-state index in [0.29, 0.717) is 12.8 Å². The third-order valence-electron chi connectivity index (χ3n) is 4.12. The first-order chi connectivity index (χ1) is 10.8. The molecule has 0 aromatic carbocycles. The lowest BCUT2D eigenvalue weighted by atomic mass is 9.74. The lowest BCUT2D eigenvalue weighted by Gasteiger charge is -2.39. The van der Waals surface area contributed by atoms with Crippen LogP contribution in [0, 0.1) is 5.92 Å². The molecule has 24 heavy (non-hydrogen) atoms. The quantitative estimate of drug-likeness (QED) is 0.770. The van der Waals surface area contributed by atoms with Crippen LogP contribution in [0.4, 0.5) is 0 Å². The maximum atomic E-state index is 12.6. The van der Waals surface area contributed by atoms with Crippen molar-refractivity contribution in [2.24, 2.45) is 5.92 Å². The van der Waals surface area contributed by atoms with Gasteiger partial charge in [-0.3, -0.25) is 9.59 Å². The molecule has 1 aliphatic rings. The molecule has 1 N–H and O–H groups in total. The predicted molar refractivity (Wildman–Crippen MR) is 92.4 cm³/mol. The van der Waals surface area contributed by atoms with E-state index < -0.39 is 28.7 Å². The van der Waals surface area contributed by atoms with Crippen molar-refractivity contribution in [2.45, 2.75) is 103 Å². The van der Waals surface area contributed by atoms with Crippen LogP contribution in [0.25, 0.3) is 0 Å². The van der Waals surface area contributed by atoms with Crippen LogP contribution in [0.15, 0.2) is 0 Å². The summed E-state index contributed by atoms with van der Waals surface area (Å²) < 4.78 is 10.8. The number of hydrogen-bond donors (Lipinski definition) is 1. The van der Waals surface area contributed by atoms with Gasteiger partial charge in [0.25, 0.3) is 0 Å². The molecule has 0 radical (unpaired) electrons. The van der Waals surface area contributed by atoms with E-state index in [4.69, 9.17) is 9.47 Å². The zero-order chi connectivity index (χ0) is 18.6. The van der Waals surface area contributed by atoms with Gasteiger partial charge in [-0.15, -0.1) is 0 Å². The molecule has 0 aliphatic heterocycles. The molecule has 140 valence electrons. The molecule has 1 fully saturated rings. The van der Waals surface area contributed by atoms with E-state index >= 15 is 0 Å². The Morgan fingerprint density at radius 1 is 0.958 bits per heavy atom. The predicted octanol–water partition coefficient (Wildman–Crippen LogP) is 3.76. The monoisotopic (exact) mass is 342 g/mol. The van der Waals surface area contributed by atoms with Gasteiger partial charge in [-0.25, -0.2) is 0 Å². The van der Waals surface area contributed by atoms with Gasteiger partial charge < -0.3 is 14.6 Å². The maximum absolute atomic E-state index is 12.6. The molecule has 1 atom stereocenters. The highest BCUT2D eigenvalue weighted by Crippen LogP contribution is 2.38. The molecule has 0 saturated heterocycles. The van der Waals surface area contributed by atoms with Crippen LogP contribution in [0.3, 0.4) is 0 Å². The number of ether oxygens (including phenoxy) is 2. The number of carbonyl (C=O) groups excluding carboxylic acids is 2. The van der Waals surface area contributed by atoms with Gasteiger partial charge >= 0.3 is 11.9 Å². The minimum absolute atomic E-state index is 0.101. The van der Waals surface area contributed by atoms with E-state index in [1.807, 2.05) is 20.8 Å². The van der Waals surface area contributed by atoms with Crippen LogP contribution in [-0.2, 0) is 19.1 Å². The zero-order valence-electron chi connectivity index (χ0n) is 16.1. The van der Waals surface area contributed by atoms with E-state index in [9.17, 15) is 14.7 Å². The van der Waals surface area contributed by atoms with Gasteiger partial charge in [0.2, 0.25) is 0 Å². The van der Waals surface area contributed by atoms with Crippen molar-refractivity contribution in [3.63, 3.8) is 0 Å². The van der Waals surface area contributed by atoms with Crippen LogP contribution in [-0.4, -0.2) is 33.8 Å². The Bertz CT molecular complexity index is 436. The lowest BCUT2D eigenvalue weighted by molar-refractivity contribution is -0.174. The molecule has 0 heterocycles. The van der Waals surface area contributed by atoms with E-state index in [-0.39, 0.29) is 18.8 Å². The Morgan fingerprint density at radius 2 is 1.46 bits per heavy atom. The Hall–Kier alpha value is -1.10. The van der Waals surface area contributed by atoms with E-state index in [1.54, 1.807) is 20.8 Å². The Kier molecular flexibility index (Phi) is 6.85. The summed E-state index contributed by atoms with van der Waals surface area (Å²) in [5, 5.41) is 11.0. The fraction of sp³-hybridized carbons (Fsp3) is 0.895. The summed E-state index contributed by atoms with van der Waals surface area (Å²) in [5.74, 6) is -1.46. The van der Waals surface area contributed by atoms with E-state index in [2.05, 4.69) is 0 Å². The standard InChI is InChI=1S/C19H34O5/c1-17(2,3)23-15(20)11-10-14(16(21)24-18(4,5)6)19(22)12-8-7-9-13-19/h14,22H,7-13H2,1-6H3. The van der Waals surface area contributed by atoms with Crippen LogP contribution in [0.2, 0.25) is 0 Å². The van der Waals surface area contributed by atoms with Gasteiger partial charge in [0, 0.05) is 6.42 Å². The summed E-state index contributed by atoms with van der Waals surface area (Å²) in [6.07, 6.45) is 4.35. The topological polar surface area (TPSA) is 72.8 Å². The van der Waals surface area contributed by atoms with Gasteiger partial charge in [-0.1, -0.05) is 19.3 Å². The highest BCUT2D eigenvalue weighted by molar-refractivity contribution is 5.76. The second kappa shape index (κ2) is 7.85. The van der Waals surface area contributed by atoms with Crippen molar-refractivity contribution in [1.82, 2.24) is 0 Å². The van der Waals surface area contributed by atoms with Crippen molar-refractivity contribution in [2.75, 3.05) is 0 Å². The molecule has 5 heteroatoms. The normalized spacial score (nSPS) is 19.5. The molecule has 0 aromatic heterocycles. The number of hydrogen-bond acceptors (Lipinski definition) is 5. The van der Waals surface area contributed by atoms with E-state index in [0.717, 1.165) is 19.3 Å². The first kappa shape index (κ1) is 20.9. The van der Waals surface area contributed by atoms with Crippen molar-refractivity contribution < 1.29 is 24.2 Å². The van der Waals surface area contributed by atoms with Gasteiger partial charge in [0.1, 0.15) is 11.2 Å². The average molecular weight is 342 g/mol. The van der Waals surface area contributed by atoms with Crippen LogP contribution in [0.5, 0.6) is 0 Å². The first-order valence-electron chi connectivity index (χ1n) is 8.99. The molecular formula is C19H34O5. The minimum Gasteiger partial charge on any atom is -0.460 e. The van der Waals surface area contributed by atoms with Crippen molar-refractivity contribution in [1.29, 1.82) is 0 Å². The molecule has 1 rings (SSSR count). The number of rotatable bonds is 5. The Balaban J connectivity index is 2.81. The summed E-state index contributed by atoms with van der Waals surface area (Å²) in [5.41, 5.74) is -2.25. The zero-order valence-corrected chi connectivity index (χ0v) is 16.1. The summed E-state index contributed by atoms with van der Waals surface area (Å²) in [4.78, 5) is 24.6. The molecule has 0 amide bonds. The summed E-state index contributed by atoms with van der Waals surface area (Å²) in [6.45, 7) is 10.9. The first-order valence-corrected chi connectivity index (χ1v) is 8.99. The van der Waals surface area contributed by atoms with Crippen LogP contribution < -0.4 is 0 Å². The van der Waals surface area contributed by atoms with E-state index in [1.165, 1.54) is 0 Å². The minimum atomic E-state index is -1.08. The summed E-state index contributed by atoms with van der Waals surface area (Å²) in [7, 11) is 0. The Morgan fingerprint density at radius 3 is 1.92 bits per heavy atom. The molecule has 0 bridgehead atoms. The molecule has 1 saturated carbocycles. The molecule has 1 aliphatic carbocycles. The highest BCUT2D eigenvalue weighted by atomic mass is 16.6. The fourth-order valence-electron chi connectivity index (χ4n) is 3.15. The molecule has 0 aromatic rings. The Labute approximate surface area is 146 Å². The second-order valence-corrected chi connectivity index (χ2v) is 8.88. The van der Waals surface area contributed by atoms with Crippen molar-refractivity contribution >= 4 is 11.9 Å². The SMILES string of the molecule is CC(C)(C)OC(=O)CCC(C(=O)OC(C)(C)C)C1(O)CCCCC1. The molecule has 0 spiro atoms. The number of aliphatic hydroxyl groups is 1. The summed E-state index contributed by atoms with van der Waals surface area (Å²) >= 11 is 0. The summed E-state index contributed by atoms with van der Waals surface area (Å²) in [6, 6.07) is 0. The molecular weight excluding hydrogens is 308 g/mol. The van der Waals surface area contributed by atoms with Crippen molar-refractivity contribution in [3.8, 4) is 0 Å². The van der Waals surface area contributed by atoms with Crippen LogP contribution in [0.1, 0.15) is 86.5 Å². The maximum Gasteiger partial charge on any atom is 0.312 e.